The van der Waals surface area contributed by atoms with Gasteiger partial charge in [0, 0.05) is 17.2 Å². The second-order valence-electron chi connectivity index (χ2n) is 3.76. The summed E-state index contributed by atoms with van der Waals surface area (Å²) in [6.07, 6.45) is 0. The highest BCUT2D eigenvalue weighted by Crippen LogP contribution is 2.23. The van der Waals surface area contributed by atoms with E-state index in [0.717, 1.165) is 16.9 Å². The predicted molar refractivity (Wildman–Crippen MR) is 70.3 cm³/mol. The summed E-state index contributed by atoms with van der Waals surface area (Å²) in [6, 6.07) is 14.8. The quantitative estimate of drug-likeness (QED) is 0.836. The lowest BCUT2D eigenvalue weighted by molar-refractivity contribution is 0.627. The Balaban J connectivity index is 1.95. The molecule has 3 heteroatoms. The number of halogens is 1. The van der Waals surface area contributed by atoms with Gasteiger partial charge in [-0.3, -0.25) is 0 Å². The molecule has 0 aliphatic carbocycles. The van der Waals surface area contributed by atoms with E-state index in [1.807, 2.05) is 24.3 Å². The molecule has 0 spiro atoms. The van der Waals surface area contributed by atoms with Crippen LogP contribution in [0, 0.1) is 5.82 Å². The summed E-state index contributed by atoms with van der Waals surface area (Å²) in [5.41, 5.74) is 7.80. The zero-order valence-corrected chi connectivity index (χ0v) is 10.2. The molecule has 0 aliphatic heterocycles. The maximum Gasteiger partial charge on any atom is 0.123 e. The molecule has 0 radical (unpaired) electrons. The third-order valence-electron chi connectivity index (χ3n) is 2.48. The van der Waals surface area contributed by atoms with E-state index in [1.54, 1.807) is 11.8 Å². The van der Waals surface area contributed by atoms with Crippen LogP contribution < -0.4 is 5.73 Å². The molecule has 2 aromatic rings. The van der Waals surface area contributed by atoms with Crippen molar-refractivity contribution in [1.29, 1.82) is 0 Å². The predicted octanol–water partition coefficient (Wildman–Crippen LogP) is 3.58. The average molecular weight is 247 g/mol. The Kier molecular flexibility index (Phi) is 4.18. The molecule has 88 valence electrons. The van der Waals surface area contributed by atoms with Gasteiger partial charge in [-0.05, 0) is 35.4 Å². The Morgan fingerprint density at radius 3 is 2.06 bits per heavy atom. The molecule has 0 saturated carbocycles. The van der Waals surface area contributed by atoms with Gasteiger partial charge < -0.3 is 5.73 Å². The van der Waals surface area contributed by atoms with E-state index in [0.29, 0.717) is 6.54 Å². The van der Waals surface area contributed by atoms with E-state index < -0.39 is 0 Å². The molecule has 1 nitrogen and oxygen atoms in total. The molecule has 2 rings (SSSR count). The molecular formula is C14H14FNS. The van der Waals surface area contributed by atoms with Crippen LogP contribution in [-0.2, 0) is 12.3 Å². The van der Waals surface area contributed by atoms with Crippen molar-refractivity contribution in [3.63, 3.8) is 0 Å². The first kappa shape index (κ1) is 12.1. The molecule has 0 bridgehead atoms. The summed E-state index contributed by atoms with van der Waals surface area (Å²) in [6.45, 7) is 0.572. The molecule has 0 fully saturated rings. The minimum absolute atomic E-state index is 0.189. The SMILES string of the molecule is NCc1ccc(SCc2ccc(F)cc2)cc1. The lowest BCUT2D eigenvalue weighted by Gasteiger charge is -2.03. The van der Waals surface area contributed by atoms with Crippen LogP contribution in [0.4, 0.5) is 4.39 Å². The van der Waals surface area contributed by atoms with Gasteiger partial charge in [0.15, 0.2) is 0 Å². The van der Waals surface area contributed by atoms with Crippen LogP contribution in [0.25, 0.3) is 0 Å². The van der Waals surface area contributed by atoms with Crippen LogP contribution in [0.3, 0.4) is 0 Å². The van der Waals surface area contributed by atoms with Gasteiger partial charge in [0.2, 0.25) is 0 Å². The first-order valence-corrected chi connectivity index (χ1v) is 6.43. The first-order valence-electron chi connectivity index (χ1n) is 5.44. The molecule has 0 saturated heterocycles. The lowest BCUT2D eigenvalue weighted by atomic mass is 10.2. The highest BCUT2D eigenvalue weighted by atomic mass is 32.2. The third-order valence-corrected chi connectivity index (χ3v) is 3.56. The van der Waals surface area contributed by atoms with Crippen molar-refractivity contribution >= 4 is 11.8 Å². The van der Waals surface area contributed by atoms with Crippen molar-refractivity contribution in [2.24, 2.45) is 5.73 Å². The minimum Gasteiger partial charge on any atom is -0.326 e. The Hall–Kier alpha value is -1.32. The Morgan fingerprint density at radius 1 is 0.882 bits per heavy atom. The Labute approximate surface area is 105 Å². The molecule has 2 aromatic carbocycles. The summed E-state index contributed by atoms with van der Waals surface area (Å²) >= 11 is 1.74. The van der Waals surface area contributed by atoms with Gasteiger partial charge in [0.25, 0.3) is 0 Å². The molecular weight excluding hydrogens is 233 g/mol. The van der Waals surface area contributed by atoms with Gasteiger partial charge in [0.1, 0.15) is 5.82 Å². The van der Waals surface area contributed by atoms with Crippen LogP contribution in [-0.4, -0.2) is 0 Å². The van der Waals surface area contributed by atoms with Gasteiger partial charge in [-0.1, -0.05) is 24.3 Å². The normalized spacial score (nSPS) is 10.5. The van der Waals surface area contributed by atoms with Crippen molar-refractivity contribution in [3.05, 3.63) is 65.5 Å². The topological polar surface area (TPSA) is 26.0 Å². The maximum atomic E-state index is 12.7. The highest BCUT2D eigenvalue weighted by molar-refractivity contribution is 7.98. The van der Waals surface area contributed by atoms with Gasteiger partial charge in [0.05, 0.1) is 0 Å². The van der Waals surface area contributed by atoms with E-state index >= 15 is 0 Å². The zero-order chi connectivity index (χ0) is 12.1. The summed E-state index contributed by atoms with van der Waals surface area (Å²) in [5.74, 6) is 0.661. The van der Waals surface area contributed by atoms with Crippen molar-refractivity contribution in [3.8, 4) is 0 Å². The largest absolute Gasteiger partial charge is 0.326 e. The Bertz CT molecular complexity index is 465. The van der Waals surface area contributed by atoms with Gasteiger partial charge >= 0.3 is 0 Å². The number of hydrogen-bond acceptors (Lipinski definition) is 2. The van der Waals surface area contributed by atoms with Crippen molar-refractivity contribution in [2.45, 2.75) is 17.2 Å². The second kappa shape index (κ2) is 5.84. The summed E-state index contributed by atoms with van der Waals surface area (Å²) in [4.78, 5) is 1.20. The van der Waals surface area contributed by atoms with E-state index in [2.05, 4.69) is 12.1 Å². The second-order valence-corrected chi connectivity index (χ2v) is 4.81. The van der Waals surface area contributed by atoms with Crippen LogP contribution in [0.15, 0.2) is 53.4 Å². The first-order chi connectivity index (χ1) is 8.28. The van der Waals surface area contributed by atoms with E-state index in [4.69, 9.17) is 5.73 Å². The molecule has 0 heterocycles. The number of rotatable bonds is 4. The minimum atomic E-state index is -0.189. The van der Waals surface area contributed by atoms with Crippen LogP contribution in [0.1, 0.15) is 11.1 Å². The van der Waals surface area contributed by atoms with E-state index in [-0.39, 0.29) is 5.82 Å². The fraction of sp³-hybridized carbons (Fsp3) is 0.143. The van der Waals surface area contributed by atoms with Crippen LogP contribution in [0.2, 0.25) is 0 Å². The number of thioether (sulfide) groups is 1. The maximum absolute atomic E-state index is 12.7. The molecule has 17 heavy (non-hydrogen) atoms. The monoisotopic (exact) mass is 247 g/mol. The lowest BCUT2D eigenvalue weighted by Crippen LogP contribution is -1.94. The van der Waals surface area contributed by atoms with E-state index in [1.165, 1.54) is 17.0 Å². The Morgan fingerprint density at radius 2 is 1.47 bits per heavy atom. The molecule has 0 aromatic heterocycles. The molecule has 0 atom stereocenters. The van der Waals surface area contributed by atoms with Crippen LogP contribution in [0.5, 0.6) is 0 Å². The fourth-order valence-corrected chi connectivity index (χ4v) is 2.32. The van der Waals surface area contributed by atoms with E-state index in [9.17, 15) is 4.39 Å². The summed E-state index contributed by atoms with van der Waals surface area (Å²) in [7, 11) is 0. The van der Waals surface area contributed by atoms with Gasteiger partial charge in [-0.15, -0.1) is 11.8 Å². The third kappa shape index (κ3) is 3.58. The van der Waals surface area contributed by atoms with Crippen molar-refractivity contribution < 1.29 is 4.39 Å². The molecule has 2 N–H and O–H groups in total. The number of hydrogen-bond donors (Lipinski definition) is 1. The number of benzene rings is 2. The highest BCUT2D eigenvalue weighted by Gasteiger charge is 1.97. The smallest absolute Gasteiger partial charge is 0.123 e. The average Bonchev–Trinajstić information content (AvgIpc) is 2.39. The molecule has 0 aliphatic rings. The van der Waals surface area contributed by atoms with Crippen molar-refractivity contribution in [1.82, 2.24) is 0 Å². The van der Waals surface area contributed by atoms with Gasteiger partial charge in [-0.25, -0.2) is 4.39 Å². The standard InChI is InChI=1S/C14H14FNS/c15-13-5-1-12(2-6-13)10-17-14-7-3-11(9-16)4-8-14/h1-8H,9-10,16H2. The fourth-order valence-electron chi connectivity index (χ4n) is 1.47. The van der Waals surface area contributed by atoms with Gasteiger partial charge in [-0.2, -0.15) is 0 Å². The summed E-state index contributed by atoms with van der Waals surface area (Å²) in [5, 5.41) is 0. The molecule has 0 unspecified atom stereocenters. The molecule has 0 amide bonds. The van der Waals surface area contributed by atoms with Crippen LogP contribution >= 0.6 is 11.8 Å². The van der Waals surface area contributed by atoms with Crippen molar-refractivity contribution in [2.75, 3.05) is 0 Å². The summed E-state index contributed by atoms with van der Waals surface area (Å²) < 4.78 is 12.7. The number of nitrogens with two attached hydrogens (primary N) is 1. The zero-order valence-electron chi connectivity index (χ0n) is 9.40.